The van der Waals surface area contributed by atoms with Gasteiger partial charge in [-0.2, -0.15) is 0 Å². The molecule has 2 rings (SSSR count). The van der Waals surface area contributed by atoms with Gasteiger partial charge in [0.15, 0.2) is 0 Å². The van der Waals surface area contributed by atoms with E-state index in [9.17, 15) is 0 Å². The summed E-state index contributed by atoms with van der Waals surface area (Å²) in [6.07, 6.45) is 7.98. The number of aryl methyl sites for hydroxylation is 1. The molecule has 2 heteroatoms. The smallest absolute Gasteiger partial charge is 0.237 e. The predicted octanol–water partition coefficient (Wildman–Crippen LogP) is 1.17. The number of hydrogen-bond donors (Lipinski definition) is 0. The van der Waals surface area contributed by atoms with Crippen molar-refractivity contribution in [2.75, 3.05) is 0 Å². The van der Waals surface area contributed by atoms with Crippen molar-refractivity contribution >= 4 is 0 Å². The van der Waals surface area contributed by atoms with Gasteiger partial charge in [0.2, 0.25) is 0 Å². The highest BCUT2D eigenvalue weighted by Gasteiger charge is 2.28. The maximum Gasteiger partial charge on any atom is 0.301 e. The molecule has 0 N–H and O–H groups in total. The Bertz CT molecular complexity index is 253. The Morgan fingerprint density at radius 2 is 2.36 bits per heavy atom. The third-order valence-corrected chi connectivity index (χ3v) is 2.43. The zero-order chi connectivity index (χ0) is 7.68. The maximum atomic E-state index is 4.36. The Kier molecular flexibility index (Phi) is 1.60. The number of hydrogen-bond acceptors (Lipinski definition) is 1. The molecular weight excluding hydrogens is 136 g/mol. The largest absolute Gasteiger partial charge is 0.301 e. The van der Waals surface area contributed by atoms with Gasteiger partial charge in [-0.1, -0.05) is 11.4 Å². The van der Waals surface area contributed by atoms with Gasteiger partial charge in [0.25, 0.3) is 0 Å². The standard InChI is InChI=1S/C9H13N2/c1-11-7-3-6-10-9(11)8-4-2-5-8/h3,6-8H,2,4-5H2,1H3/q+1. The molecule has 1 aromatic heterocycles. The van der Waals surface area contributed by atoms with Gasteiger partial charge in [0, 0.05) is 6.07 Å². The number of rotatable bonds is 1. The Hall–Kier alpha value is -0.920. The van der Waals surface area contributed by atoms with Crippen LogP contribution in [0, 0.1) is 0 Å². The Labute approximate surface area is 66.9 Å². The zero-order valence-corrected chi connectivity index (χ0v) is 6.83. The van der Waals surface area contributed by atoms with Crippen molar-refractivity contribution in [3.8, 4) is 0 Å². The number of aromatic nitrogens is 2. The lowest BCUT2D eigenvalue weighted by atomic mass is 9.84. The minimum atomic E-state index is 0.737. The molecule has 1 aliphatic carbocycles. The molecule has 0 aromatic carbocycles. The van der Waals surface area contributed by atoms with E-state index in [-0.39, 0.29) is 0 Å². The first kappa shape index (κ1) is 6.77. The fourth-order valence-electron chi connectivity index (χ4n) is 1.51. The van der Waals surface area contributed by atoms with Gasteiger partial charge in [-0.3, -0.25) is 0 Å². The summed E-state index contributed by atoms with van der Waals surface area (Å²) in [5.74, 6) is 1.99. The van der Waals surface area contributed by atoms with Crippen LogP contribution in [0.1, 0.15) is 31.0 Å². The third-order valence-electron chi connectivity index (χ3n) is 2.43. The van der Waals surface area contributed by atoms with E-state index in [1.54, 1.807) is 0 Å². The SMILES string of the molecule is C[n+]1cccnc1C1CCC1. The molecule has 0 amide bonds. The molecule has 0 aliphatic heterocycles. The molecule has 58 valence electrons. The van der Waals surface area contributed by atoms with Crippen LogP contribution in [0.15, 0.2) is 18.5 Å². The molecule has 1 aromatic rings. The van der Waals surface area contributed by atoms with E-state index in [1.807, 2.05) is 12.3 Å². The maximum absolute atomic E-state index is 4.36. The summed E-state index contributed by atoms with van der Waals surface area (Å²) in [7, 11) is 2.07. The van der Waals surface area contributed by atoms with Crippen molar-refractivity contribution < 1.29 is 4.57 Å². The molecule has 1 aliphatic rings. The second kappa shape index (κ2) is 2.61. The van der Waals surface area contributed by atoms with Gasteiger partial charge in [0.1, 0.15) is 6.20 Å². The summed E-state index contributed by atoms with van der Waals surface area (Å²) >= 11 is 0. The molecule has 0 atom stereocenters. The second-order valence-electron chi connectivity index (χ2n) is 3.22. The van der Waals surface area contributed by atoms with Crippen molar-refractivity contribution in [3.63, 3.8) is 0 Å². The van der Waals surface area contributed by atoms with Crippen molar-refractivity contribution in [2.24, 2.45) is 7.05 Å². The van der Waals surface area contributed by atoms with E-state index in [4.69, 9.17) is 0 Å². The lowest BCUT2D eigenvalue weighted by Gasteiger charge is -2.20. The van der Waals surface area contributed by atoms with Gasteiger partial charge in [-0.05, 0) is 12.8 Å². The van der Waals surface area contributed by atoms with Crippen molar-refractivity contribution in [2.45, 2.75) is 25.2 Å². The summed E-state index contributed by atoms with van der Waals surface area (Å²) in [5, 5.41) is 0. The molecule has 2 nitrogen and oxygen atoms in total. The van der Waals surface area contributed by atoms with Gasteiger partial charge >= 0.3 is 5.82 Å². The highest BCUT2D eigenvalue weighted by Crippen LogP contribution is 2.33. The van der Waals surface area contributed by atoms with E-state index in [0.717, 1.165) is 5.92 Å². The van der Waals surface area contributed by atoms with Crippen LogP contribution in [0.4, 0.5) is 0 Å². The quantitative estimate of drug-likeness (QED) is 0.548. The molecule has 1 fully saturated rings. The molecular formula is C9H13N2+. The monoisotopic (exact) mass is 149 g/mol. The first-order valence-corrected chi connectivity index (χ1v) is 4.18. The average molecular weight is 149 g/mol. The van der Waals surface area contributed by atoms with Crippen LogP contribution in [-0.4, -0.2) is 4.98 Å². The van der Waals surface area contributed by atoms with Crippen LogP contribution in [0.2, 0.25) is 0 Å². The molecule has 11 heavy (non-hydrogen) atoms. The third kappa shape index (κ3) is 1.13. The Balaban J connectivity index is 2.28. The normalized spacial score (nSPS) is 17.9. The van der Waals surface area contributed by atoms with E-state index in [0.29, 0.717) is 0 Å². The van der Waals surface area contributed by atoms with Crippen LogP contribution in [0.3, 0.4) is 0 Å². The second-order valence-corrected chi connectivity index (χ2v) is 3.22. The lowest BCUT2D eigenvalue weighted by molar-refractivity contribution is -0.684. The Morgan fingerprint density at radius 1 is 1.55 bits per heavy atom. The fraction of sp³-hybridized carbons (Fsp3) is 0.556. The van der Waals surface area contributed by atoms with Crippen molar-refractivity contribution in [1.82, 2.24) is 4.98 Å². The molecule has 0 unspecified atom stereocenters. The van der Waals surface area contributed by atoms with Crippen molar-refractivity contribution in [1.29, 1.82) is 0 Å². The van der Waals surface area contributed by atoms with Crippen molar-refractivity contribution in [3.05, 3.63) is 24.3 Å². The van der Waals surface area contributed by atoms with E-state index >= 15 is 0 Å². The topological polar surface area (TPSA) is 16.8 Å². The van der Waals surface area contributed by atoms with Gasteiger partial charge in [-0.15, -0.1) is 0 Å². The van der Waals surface area contributed by atoms with Gasteiger partial charge < -0.3 is 0 Å². The van der Waals surface area contributed by atoms with E-state index in [2.05, 4.69) is 22.8 Å². The summed E-state index contributed by atoms with van der Waals surface area (Å²) in [6, 6.07) is 1.97. The Morgan fingerprint density at radius 3 is 2.91 bits per heavy atom. The van der Waals surface area contributed by atoms with Crippen LogP contribution < -0.4 is 4.57 Å². The summed E-state index contributed by atoms with van der Waals surface area (Å²) in [4.78, 5) is 4.36. The predicted molar refractivity (Wildman–Crippen MR) is 42.0 cm³/mol. The minimum absolute atomic E-state index is 0.737. The first-order valence-electron chi connectivity index (χ1n) is 4.18. The molecule has 0 radical (unpaired) electrons. The van der Waals surface area contributed by atoms with Gasteiger partial charge in [-0.25, -0.2) is 4.57 Å². The highest BCUT2D eigenvalue weighted by atomic mass is 15.0. The summed E-state index contributed by atoms with van der Waals surface area (Å²) in [5.41, 5.74) is 0. The number of nitrogens with zero attached hydrogens (tertiary/aromatic N) is 2. The van der Waals surface area contributed by atoms with Crippen LogP contribution in [-0.2, 0) is 7.05 Å². The molecule has 0 bridgehead atoms. The van der Waals surface area contributed by atoms with Gasteiger partial charge in [0.05, 0.1) is 19.2 Å². The highest BCUT2D eigenvalue weighted by molar-refractivity contribution is 4.94. The first-order chi connectivity index (χ1) is 5.38. The van der Waals surface area contributed by atoms with E-state index in [1.165, 1.54) is 25.1 Å². The zero-order valence-electron chi connectivity index (χ0n) is 6.83. The van der Waals surface area contributed by atoms with E-state index < -0.39 is 0 Å². The molecule has 0 saturated heterocycles. The average Bonchev–Trinajstić information content (AvgIpc) is 1.90. The van der Waals surface area contributed by atoms with Crippen LogP contribution in [0.25, 0.3) is 0 Å². The lowest BCUT2D eigenvalue weighted by Crippen LogP contribution is -2.37. The summed E-state index contributed by atoms with van der Waals surface area (Å²) < 4.78 is 2.13. The van der Waals surface area contributed by atoms with Crippen LogP contribution in [0.5, 0.6) is 0 Å². The minimum Gasteiger partial charge on any atom is -0.237 e. The molecule has 1 heterocycles. The molecule has 0 spiro atoms. The molecule has 1 saturated carbocycles. The van der Waals surface area contributed by atoms with Crippen LogP contribution >= 0.6 is 0 Å². The summed E-state index contributed by atoms with van der Waals surface area (Å²) in [6.45, 7) is 0. The fourth-order valence-corrected chi connectivity index (χ4v) is 1.51.